The van der Waals surface area contributed by atoms with Crippen LogP contribution < -0.4 is 5.32 Å². The van der Waals surface area contributed by atoms with Gasteiger partial charge in [-0.05, 0) is 36.0 Å². The van der Waals surface area contributed by atoms with Crippen LogP contribution in [-0.2, 0) is 0 Å². The predicted molar refractivity (Wildman–Crippen MR) is 68.0 cm³/mol. The molecule has 0 saturated heterocycles. The molecule has 0 aromatic carbocycles. The van der Waals surface area contributed by atoms with E-state index in [1.807, 2.05) is 0 Å². The van der Waals surface area contributed by atoms with E-state index in [4.69, 9.17) is 0 Å². The summed E-state index contributed by atoms with van der Waals surface area (Å²) in [6.45, 7) is 15.3. The molecular weight excluding hydrogens is 182 g/mol. The molecule has 0 radical (unpaired) electrons. The summed E-state index contributed by atoms with van der Waals surface area (Å²) in [4.78, 5) is 0. The van der Waals surface area contributed by atoms with Gasteiger partial charge in [0.25, 0.3) is 0 Å². The lowest BCUT2D eigenvalue weighted by Gasteiger charge is -2.27. The highest BCUT2D eigenvalue weighted by atomic mass is 14.9. The largest absolute Gasteiger partial charge is 0.313 e. The lowest BCUT2D eigenvalue weighted by molar-refractivity contribution is 0.288. The van der Waals surface area contributed by atoms with Crippen LogP contribution in [0.15, 0.2) is 0 Å². The van der Waals surface area contributed by atoms with Crippen molar-refractivity contribution in [2.24, 2.45) is 16.7 Å². The smallest absolute Gasteiger partial charge is 0.00982 e. The summed E-state index contributed by atoms with van der Waals surface area (Å²) in [6.07, 6.45) is 3.97. The number of hydrogen-bond acceptors (Lipinski definition) is 1. The van der Waals surface area contributed by atoms with Crippen LogP contribution in [0.25, 0.3) is 0 Å². The Morgan fingerprint density at radius 1 is 1.27 bits per heavy atom. The van der Waals surface area contributed by atoms with Crippen molar-refractivity contribution in [3.63, 3.8) is 0 Å². The van der Waals surface area contributed by atoms with Gasteiger partial charge in [-0.3, -0.25) is 0 Å². The van der Waals surface area contributed by atoms with Crippen LogP contribution in [0, 0.1) is 16.7 Å². The summed E-state index contributed by atoms with van der Waals surface area (Å²) in [5, 5.41) is 3.78. The van der Waals surface area contributed by atoms with Gasteiger partial charge in [0, 0.05) is 12.6 Å². The second-order valence-electron chi connectivity index (χ2n) is 7.05. The first kappa shape index (κ1) is 13.0. The molecule has 1 aliphatic rings. The van der Waals surface area contributed by atoms with Crippen molar-refractivity contribution in [2.75, 3.05) is 6.54 Å². The van der Waals surface area contributed by atoms with Crippen molar-refractivity contribution in [3.8, 4) is 0 Å². The van der Waals surface area contributed by atoms with Gasteiger partial charge in [-0.25, -0.2) is 0 Å². The first-order valence-electron chi connectivity index (χ1n) is 6.49. The van der Waals surface area contributed by atoms with E-state index in [1.165, 1.54) is 19.3 Å². The second kappa shape index (κ2) is 4.45. The van der Waals surface area contributed by atoms with E-state index in [9.17, 15) is 0 Å². The van der Waals surface area contributed by atoms with Crippen LogP contribution in [-0.4, -0.2) is 12.6 Å². The van der Waals surface area contributed by atoms with Gasteiger partial charge >= 0.3 is 0 Å². The molecule has 0 heterocycles. The lowest BCUT2D eigenvalue weighted by Crippen LogP contribution is -2.38. The summed E-state index contributed by atoms with van der Waals surface area (Å²) in [7, 11) is 0. The van der Waals surface area contributed by atoms with E-state index >= 15 is 0 Å². The molecule has 0 aliphatic heterocycles. The highest BCUT2D eigenvalue weighted by molar-refractivity contribution is 4.91. The molecule has 1 fully saturated rings. The molecule has 2 atom stereocenters. The Morgan fingerprint density at radius 3 is 2.27 bits per heavy atom. The van der Waals surface area contributed by atoms with Crippen LogP contribution in [0.1, 0.15) is 60.8 Å². The van der Waals surface area contributed by atoms with Crippen molar-refractivity contribution in [2.45, 2.75) is 66.8 Å². The predicted octanol–water partition coefficient (Wildman–Crippen LogP) is 3.84. The van der Waals surface area contributed by atoms with Gasteiger partial charge in [-0.15, -0.1) is 0 Å². The Hall–Kier alpha value is -0.0400. The lowest BCUT2D eigenvalue weighted by atomic mass is 9.89. The average Bonchev–Trinajstić information content (AvgIpc) is 2.36. The maximum absolute atomic E-state index is 3.78. The van der Waals surface area contributed by atoms with E-state index < -0.39 is 0 Å². The second-order valence-corrected chi connectivity index (χ2v) is 7.05. The highest BCUT2D eigenvalue weighted by Crippen LogP contribution is 2.41. The van der Waals surface area contributed by atoms with Crippen LogP contribution in [0.3, 0.4) is 0 Å². The number of hydrogen-bond donors (Lipinski definition) is 1. The molecule has 0 amide bonds. The van der Waals surface area contributed by atoms with Gasteiger partial charge in [-0.2, -0.15) is 0 Å². The third-order valence-electron chi connectivity index (χ3n) is 4.13. The Bertz CT molecular complexity index is 205. The van der Waals surface area contributed by atoms with E-state index in [2.05, 4.69) is 46.9 Å². The van der Waals surface area contributed by atoms with Gasteiger partial charge < -0.3 is 5.32 Å². The summed E-state index contributed by atoms with van der Waals surface area (Å²) >= 11 is 0. The number of nitrogens with one attached hydrogen (secondary N) is 1. The molecule has 0 bridgehead atoms. The van der Waals surface area contributed by atoms with Crippen molar-refractivity contribution >= 4 is 0 Å². The molecule has 1 nitrogen and oxygen atoms in total. The van der Waals surface area contributed by atoms with E-state index in [-0.39, 0.29) is 0 Å². The molecule has 90 valence electrons. The summed E-state index contributed by atoms with van der Waals surface area (Å²) in [6, 6.07) is 0.742. The van der Waals surface area contributed by atoms with E-state index in [0.29, 0.717) is 10.8 Å². The molecule has 1 N–H and O–H groups in total. The standard InChI is InChI=1S/C14H29N/c1-7-13(3,4)10-15-12-9-14(5,6)8-11(12)2/h11-12,15H,7-10H2,1-6H3. The van der Waals surface area contributed by atoms with Gasteiger partial charge in [0.15, 0.2) is 0 Å². The van der Waals surface area contributed by atoms with Crippen molar-refractivity contribution in [1.82, 2.24) is 5.32 Å². The molecule has 1 aliphatic carbocycles. The van der Waals surface area contributed by atoms with Gasteiger partial charge in [0.05, 0.1) is 0 Å². The number of rotatable bonds is 4. The molecule has 1 saturated carbocycles. The van der Waals surface area contributed by atoms with Crippen molar-refractivity contribution in [3.05, 3.63) is 0 Å². The zero-order valence-corrected chi connectivity index (χ0v) is 11.5. The fourth-order valence-corrected chi connectivity index (χ4v) is 2.70. The van der Waals surface area contributed by atoms with Crippen molar-refractivity contribution < 1.29 is 0 Å². The van der Waals surface area contributed by atoms with Crippen LogP contribution in [0.2, 0.25) is 0 Å². The Morgan fingerprint density at radius 2 is 1.87 bits per heavy atom. The van der Waals surface area contributed by atoms with E-state index in [1.54, 1.807) is 0 Å². The molecule has 0 aromatic rings. The molecule has 15 heavy (non-hydrogen) atoms. The minimum absolute atomic E-state index is 0.451. The SMILES string of the molecule is CCC(C)(C)CNC1CC(C)(C)CC1C. The van der Waals surface area contributed by atoms with Gasteiger partial charge in [0.2, 0.25) is 0 Å². The third-order valence-corrected chi connectivity index (χ3v) is 4.13. The minimum Gasteiger partial charge on any atom is -0.313 e. The summed E-state index contributed by atoms with van der Waals surface area (Å²) < 4.78 is 0. The Balaban J connectivity index is 2.41. The Labute approximate surface area is 96.0 Å². The van der Waals surface area contributed by atoms with Crippen LogP contribution >= 0.6 is 0 Å². The third kappa shape index (κ3) is 3.79. The van der Waals surface area contributed by atoms with Crippen molar-refractivity contribution in [1.29, 1.82) is 0 Å². The summed E-state index contributed by atoms with van der Waals surface area (Å²) in [5.41, 5.74) is 1.000. The quantitative estimate of drug-likeness (QED) is 0.745. The minimum atomic E-state index is 0.451. The Kier molecular flexibility index (Phi) is 3.86. The highest BCUT2D eigenvalue weighted by Gasteiger charge is 2.36. The fraction of sp³-hybridized carbons (Fsp3) is 1.00. The molecule has 1 rings (SSSR count). The topological polar surface area (TPSA) is 12.0 Å². The molecule has 2 unspecified atom stereocenters. The normalized spacial score (nSPS) is 30.8. The van der Waals surface area contributed by atoms with Crippen LogP contribution in [0.4, 0.5) is 0 Å². The van der Waals surface area contributed by atoms with E-state index in [0.717, 1.165) is 18.5 Å². The van der Waals surface area contributed by atoms with Crippen LogP contribution in [0.5, 0.6) is 0 Å². The molecule has 1 heteroatoms. The maximum Gasteiger partial charge on any atom is 0.00982 e. The monoisotopic (exact) mass is 211 g/mol. The fourth-order valence-electron chi connectivity index (χ4n) is 2.70. The maximum atomic E-state index is 3.78. The van der Waals surface area contributed by atoms with Gasteiger partial charge in [-0.1, -0.05) is 41.5 Å². The van der Waals surface area contributed by atoms with Gasteiger partial charge in [0.1, 0.15) is 0 Å². The molecular formula is C14H29N. The average molecular weight is 211 g/mol. The summed E-state index contributed by atoms with van der Waals surface area (Å²) in [5.74, 6) is 0.840. The first-order valence-corrected chi connectivity index (χ1v) is 6.49. The zero-order chi connectivity index (χ0) is 11.7. The first-order chi connectivity index (χ1) is 6.76. The molecule has 0 aromatic heterocycles. The zero-order valence-electron chi connectivity index (χ0n) is 11.5. The molecule has 0 spiro atoms.